The van der Waals surface area contributed by atoms with Gasteiger partial charge in [-0.3, -0.25) is 14.3 Å². The number of hydrogen-bond acceptors (Lipinski definition) is 10. The van der Waals surface area contributed by atoms with Gasteiger partial charge in [0.25, 0.3) is 5.56 Å². The van der Waals surface area contributed by atoms with Gasteiger partial charge in [-0.25, -0.2) is 4.79 Å². The lowest BCUT2D eigenvalue weighted by Crippen LogP contribution is -2.31. The monoisotopic (exact) mass is 396 g/mol. The Morgan fingerprint density at radius 2 is 1.92 bits per heavy atom. The van der Waals surface area contributed by atoms with Crippen LogP contribution in [0.5, 0.6) is 0 Å². The van der Waals surface area contributed by atoms with Crippen LogP contribution in [0.25, 0.3) is 0 Å². The Balaban J connectivity index is 0.000000260. The molecule has 1 aliphatic heterocycles. The van der Waals surface area contributed by atoms with Crippen LogP contribution >= 0.6 is 16.3 Å². The second-order valence-electron chi connectivity index (χ2n) is 4.61. The van der Waals surface area contributed by atoms with E-state index in [1.165, 1.54) is 16.8 Å². The molecule has 4 radical (unpaired) electrons. The Hall–Kier alpha value is -0.650. The van der Waals surface area contributed by atoms with Crippen LogP contribution < -0.4 is 11.2 Å². The van der Waals surface area contributed by atoms with Crippen molar-refractivity contribution in [2.45, 2.75) is 25.1 Å². The number of rotatable bonds is 5. The van der Waals surface area contributed by atoms with Crippen molar-refractivity contribution >= 4 is 32.0 Å². The Kier molecular flexibility index (Phi) is 8.36. The van der Waals surface area contributed by atoms with Crippen LogP contribution in [0.3, 0.4) is 0 Å². The van der Waals surface area contributed by atoms with E-state index < -0.39 is 34.1 Å². The first-order valence-corrected chi connectivity index (χ1v) is 9.73. The molecule has 0 aliphatic carbocycles. The first-order chi connectivity index (χ1) is 11.4. The molecule has 0 bridgehead atoms. The molecule has 0 saturated carbocycles. The number of H-pyrrole nitrogens is 1. The highest BCUT2D eigenvalue weighted by atomic mass is 31.3. The predicted octanol–water partition coefficient (Wildman–Crippen LogP) is -2.20. The van der Waals surface area contributed by atoms with E-state index in [-0.39, 0.29) is 12.2 Å². The van der Waals surface area contributed by atoms with Crippen molar-refractivity contribution in [3.8, 4) is 0 Å². The third-order valence-electron chi connectivity index (χ3n) is 2.65. The van der Waals surface area contributed by atoms with E-state index in [0.717, 1.165) is 6.42 Å². The summed E-state index contributed by atoms with van der Waals surface area (Å²) in [4.78, 5) is 65.8. The van der Waals surface area contributed by atoms with Crippen molar-refractivity contribution in [3.63, 3.8) is 0 Å². The molecule has 136 valence electrons. The second kappa shape index (κ2) is 9.33. The smallest absolute Gasteiger partial charge is 0.364 e. The molecule has 2 rings (SSSR count). The summed E-state index contributed by atoms with van der Waals surface area (Å²) in [5.74, 6) is 0. The summed E-state index contributed by atoms with van der Waals surface area (Å²) in [5, 5.41) is 0. The first kappa shape index (κ1) is 22.4. The molecule has 1 unspecified atom stereocenters. The molecule has 1 aliphatic rings. The number of aromatic nitrogens is 2. The highest BCUT2D eigenvalue weighted by Crippen LogP contribution is 2.66. The number of aromatic amines is 1. The quantitative estimate of drug-likeness (QED) is 0.236. The van der Waals surface area contributed by atoms with Gasteiger partial charge in [0.05, 0.1) is 10.8 Å². The molecule has 0 amide bonds. The largest absolute Gasteiger partial charge is 0.619 e. The third kappa shape index (κ3) is 8.52. The molecule has 0 spiro atoms. The van der Waals surface area contributed by atoms with Crippen molar-refractivity contribution in [2.24, 2.45) is 0 Å². The molecular weight excluding hydrogens is 380 g/mol. The number of ether oxygens (including phenoxy) is 1. The molecule has 16 heteroatoms. The van der Waals surface area contributed by atoms with Gasteiger partial charge in [-0.15, -0.1) is 0 Å². The maximum absolute atomic E-state index is 11.3. The van der Waals surface area contributed by atoms with Gasteiger partial charge >= 0.3 is 22.0 Å². The summed E-state index contributed by atoms with van der Waals surface area (Å²) in [7, 11) is 1.15. The fourth-order valence-electron chi connectivity index (χ4n) is 1.77. The Morgan fingerprint density at radius 3 is 2.36 bits per heavy atom. The highest BCUT2D eigenvalue weighted by Gasteiger charge is 2.57. The number of nitrogens with one attached hydrogen (secondary N) is 1. The maximum Gasteiger partial charge on any atom is 0.619 e. The van der Waals surface area contributed by atoms with Crippen molar-refractivity contribution in [2.75, 3.05) is 6.51 Å². The Bertz CT molecular complexity index is 663. The van der Waals surface area contributed by atoms with Gasteiger partial charge in [-0.1, -0.05) is 0 Å². The molecule has 1 aromatic rings. The molecule has 25 heavy (non-hydrogen) atoms. The van der Waals surface area contributed by atoms with Crippen LogP contribution in [0.2, 0.25) is 0 Å². The van der Waals surface area contributed by atoms with E-state index in [2.05, 4.69) is 13.8 Å². The van der Waals surface area contributed by atoms with Gasteiger partial charge in [0.2, 0.25) is 0 Å². The molecule has 12 nitrogen and oxygen atoms in total. The third-order valence-corrected chi connectivity index (χ3v) is 4.86. The molecule has 2 heterocycles. The zero-order valence-electron chi connectivity index (χ0n) is 12.7. The Morgan fingerprint density at radius 1 is 1.28 bits per heavy atom. The molecule has 1 fully saturated rings. The van der Waals surface area contributed by atoms with Crippen LogP contribution in [0, 0.1) is 0 Å². The lowest BCUT2D eigenvalue weighted by atomic mass is 9.98. The zero-order valence-corrected chi connectivity index (χ0v) is 14.5. The summed E-state index contributed by atoms with van der Waals surface area (Å²) in [6, 6.07) is 0.966. The van der Waals surface area contributed by atoms with Crippen molar-refractivity contribution < 1.29 is 38.0 Å². The van der Waals surface area contributed by atoms with Gasteiger partial charge in [0.15, 0.2) is 0 Å². The maximum atomic E-state index is 11.3. The minimum Gasteiger partial charge on any atom is -0.364 e. The van der Waals surface area contributed by atoms with Gasteiger partial charge < -0.3 is 4.74 Å². The summed E-state index contributed by atoms with van der Waals surface area (Å²) >= 11 is 0. The fraction of sp³-hybridized carbons (Fsp3) is 0.556. The van der Waals surface area contributed by atoms with Crippen molar-refractivity contribution in [1.29, 1.82) is 0 Å². The summed E-state index contributed by atoms with van der Waals surface area (Å²) in [5.41, 5.74) is -0.870. The van der Waals surface area contributed by atoms with E-state index in [1.54, 1.807) is 0 Å². The SMILES string of the molecule is [B]CO[P+](O)(O)O[P+](O)(O)O.[B][C@@H]1CCC(n2ccc(=O)[nH]c2=O)O1. The molecule has 1 aromatic heterocycles. The lowest BCUT2D eigenvalue weighted by molar-refractivity contribution is 0.0340. The van der Waals surface area contributed by atoms with Crippen LogP contribution in [0.1, 0.15) is 19.1 Å². The standard InChI is InChI=1S/C8H9BN2O3.CH7BO7P2/c9-5-1-2-7(14-5)11-4-3-6(12)10-8(11)13;2-1-8-11(6,7)9-10(3,4)5/h3-5,7H,1-2H2,(H,10,12,13);3-7H,1H2/q;+2/t5-,7?;/m0./s1. The Labute approximate surface area is 145 Å². The summed E-state index contributed by atoms with van der Waals surface area (Å²) < 4.78 is 14.1. The molecule has 0 aromatic carbocycles. The average molecular weight is 396 g/mol. The van der Waals surface area contributed by atoms with Crippen molar-refractivity contribution in [3.05, 3.63) is 33.1 Å². The average Bonchev–Trinajstić information content (AvgIpc) is 2.82. The van der Waals surface area contributed by atoms with Crippen LogP contribution in [0.15, 0.2) is 21.9 Å². The highest BCUT2D eigenvalue weighted by molar-refractivity contribution is 7.67. The van der Waals surface area contributed by atoms with E-state index in [1.807, 2.05) is 0 Å². The van der Waals surface area contributed by atoms with Gasteiger partial charge in [0, 0.05) is 18.3 Å². The first-order valence-electron chi connectivity index (χ1n) is 6.64. The normalized spacial score (nSPS) is 20.8. The summed E-state index contributed by atoms with van der Waals surface area (Å²) in [6.45, 7) is -0.583. The van der Waals surface area contributed by atoms with Crippen LogP contribution in [-0.4, -0.2) is 62.2 Å². The molecular formula is C9H16B2N2O10P2+2. The van der Waals surface area contributed by atoms with E-state index in [9.17, 15) is 9.59 Å². The fourth-order valence-corrected chi connectivity index (χ4v) is 3.29. The van der Waals surface area contributed by atoms with Crippen LogP contribution in [0.4, 0.5) is 0 Å². The minimum absolute atomic E-state index is 0.321. The van der Waals surface area contributed by atoms with E-state index in [4.69, 9.17) is 44.9 Å². The zero-order chi connectivity index (χ0) is 19.3. The topological polar surface area (TPSA) is 184 Å². The van der Waals surface area contributed by atoms with Crippen LogP contribution in [-0.2, 0) is 13.6 Å². The molecule has 2 atom stereocenters. The van der Waals surface area contributed by atoms with E-state index in [0.29, 0.717) is 6.42 Å². The second-order valence-corrected chi connectivity index (χ2v) is 7.52. The van der Waals surface area contributed by atoms with Crippen molar-refractivity contribution in [1.82, 2.24) is 9.55 Å². The van der Waals surface area contributed by atoms with Gasteiger partial charge in [0.1, 0.15) is 21.9 Å². The number of hydrogen-bond donors (Lipinski definition) is 6. The van der Waals surface area contributed by atoms with Gasteiger partial charge in [-0.2, -0.15) is 29.0 Å². The predicted molar refractivity (Wildman–Crippen MR) is 87.9 cm³/mol. The lowest BCUT2D eigenvalue weighted by Gasteiger charge is -2.13. The number of nitrogens with zero attached hydrogens (tertiary/aromatic N) is 1. The summed E-state index contributed by atoms with van der Waals surface area (Å²) in [6.07, 6.45) is 2.47. The van der Waals surface area contributed by atoms with E-state index >= 15 is 0 Å². The molecule has 1 saturated heterocycles. The minimum atomic E-state index is -4.70. The molecule has 6 N–H and O–H groups in total. The van der Waals surface area contributed by atoms with Gasteiger partial charge in [-0.05, 0) is 12.8 Å².